The van der Waals surface area contributed by atoms with Crippen molar-refractivity contribution in [3.63, 3.8) is 0 Å². The molecule has 8 nitrogen and oxygen atoms in total. The fourth-order valence-corrected chi connectivity index (χ4v) is 4.26. The maximum atomic E-state index is 11.2. The van der Waals surface area contributed by atoms with E-state index in [1.807, 2.05) is 18.2 Å². The molecule has 0 radical (unpaired) electrons. The third kappa shape index (κ3) is 3.20. The van der Waals surface area contributed by atoms with Crippen molar-refractivity contribution in [2.24, 2.45) is 0 Å². The van der Waals surface area contributed by atoms with Gasteiger partial charge in [-0.15, -0.1) is 0 Å². The summed E-state index contributed by atoms with van der Waals surface area (Å²) in [7, 11) is 1.51. The number of rotatable bonds is 5. The highest BCUT2D eigenvalue weighted by Gasteiger charge is 2.27. The highest BCUT2D eigenvalue weighted by molar-refractivity contribution is 5.86. The number of ether oxygens (including phenoxy) is 1. The highest BCUT2D eigenvalue weighted by Crippen LogP contribution is 2.37. The van der Waals surface area contributed by atoms with Crippen LogP contribution < -0.4 is 4.74 Å². The third-order valence-electron chi connectivity index (χ3n) is 5.72. The quantitative estimate of drug-likeness (QED) is 0.520. The van der Waals surface area contributed by atoms with Crippen molar-refractivity contribution in [2.75, 3.05) is 7.11 Å². The molecule has 1 N–H and O–H groups in total. The number of carboxylic acid groups (broad SMARTS) is 1. The minimum absolute atomic E-state index is 0.0366. The van der Waals surface area contributed by atoms with Gasteiger partial charge in [-0.1, -0.05) is 5.16 Å². The number of benzene rings is 2. The second kappa shape index (κ2) is 7.29. The lowest BCUT2D eigenvalue weighted by molar-refractivity contribution is -0.137. The summed E-state index contributed by atoms with van der Waals surface area (Å²) in [5.41, 5.74) is 3.96. The maximum absolute atomic E-state index is 11.2. The van der Waals surface area contributed by atoms with Crippen LogP contribution in [0.2, 0.25) is 0 Å². The van der Waals surface area contributed by atoms with E-state index in [4.69, 9.17) is 14.4 Å². The zero-order chi connectivity index (χ0) is 21.5. The largest absolute Gasteiger partial charge is 0.495 e. The van der Waals surface area contributed by atoms with Crippen LogP contribution in [0.4, 0.5) is 0 Å². The Labute approximate surface area is 177 Å². The summed E-state index contributed by atoms with van der Waals surface area (Å²) >= 11 is 0. The van der Waals surface area contributed by atoms with E-state index >= 15 is 0 Å². The molecule has 4 aromatic rings. The van der Waals surface area contributed by atoms with E-state index in [9.17, 15) is 10.1 Å². The molecule has 3 heterocycles. The van der Waals surface area contributed by atoms with Crippen molar-refractivity contribution in [3.8, 4) is 34.7 Å². The van der Waals surface area contributed by atoms with Gasteiger partial charge >= 0.3 is 5.97 Å². The monoisotopic (exact) mass is 414 g/mol. The lowest BCUT2D eigenvalue weighted by Gasteiger charge is -2.04. The number of hydrogen-bond donors (Lipinski definition) is 1. The van der Waals surface area contributed by atoms with E-state index in [-0.39, 0.29) is 12.3 Å². The summed E-state index contributed by atoms with van der Waals surface area (Å²) in [6.45, 7) is 0.821. The van der Waals surface area contributed by atoms with Gasteiger partial charge in [0.2, 0.25) is 5.82 Å². The van der Waals surface area contributed by atoms with E-state index < -0.39 is 5.97 Å². The molecule has 0 bridgehead atoms. The van der Waals surface area contributed by atoms with E-state index in [2.05, 4.69) is 26.8 Å². The smallest absolute Gasteiger partial charge is 0.304 e. The van der Waals surface area contributed by atoms with Crippen molar-refractivity contribution < 1.29 is 19.2 Å². The summed E-state index contributed by atoms with van der Waals surface area (Å²) in [5.74, 6) is 0.505. The van der Waals surface area contributed by atoms with Gasteiger partial charge in [-0.25, -0.2) is 0 Å². The van der Waals surface area contributed by atoms with Crippen LogP contribution in [0.5, 0.6) is 5.75 Å². The van der Waals surface area contributed by atoms with Crippen molar-refractivity contribution in [2.45, 2.75) is 25.3 Å². The third-order valence-corrected chi connectivity index (χ3v) is 5.72. The summed E-state index contributed by atoms with van der Waals surface area (Å²) in [6.07, 6.45) is 0.990. The SMILES string of the molecule is COc1ccc(-c2nc(-c3ccc4c(c3)cc3n4CC[C@H]3CC(=O)O)no2)cc1C#N. The second-order valence-corrected chi connectivity index (χ2v) is 7.53. The van der Waals surface area contributed by atoms with Crippen molar-refractivity contribution >= 4 is 16.9 Å². The molecule has 0 unspecified atom stereocenters. The van der Waals surface area contributed by atoms with Crippen LogP contribution in [0.1, 0.15) is 30.0 Å². The number of carboxylic acids is 1. The average Bonchev–Trinajstić information content (AvgIpc) is 3.49. The van der Waals surface area contributed by atoms with Crippen LogP contribution in [0.25, 0.3) is 33.7 Å². The molecule has 8 heteroatoms. The molecule has 0 fully saturated rings. The van der Waals surface area contributed by atoms with Gasteiger partial charge < -0.3 is 18.9 Å². The predicted molar refractivity (Wildman–Crippen MR) is 112 cm³/mol. The minimum Gasteiger partial charge on any atom is -0.495 e. The molecule has 0 saturated heterocycles. The maximum Gasteiger partial charge on any atom is 0.304 e. The predicted octanol–water partition coefficient (Wildman–Crippen LogP) is 4.20. The van der Waals surface area contributed by atoms with Gasteiger partial charge in [0, 0.05) is 40.2 Å². The first-order chi connectivity index (χ1) is 15.1. The molecule has 0 aliphatic carbocycles. The van der Waals surface area contributed by atoms with Crippen molar-refractivity contribution in [1.82, 2.24) is 14.7 Å². The minimum atomic E-state index is -0.776. The van der Waals surface area contributed by atoms with Gasteiger partial charge in [0.05, 0.1) is 19.1 Å². The molecule has 0 spiro atoms. The zero-order valence-electron chi connectivity index (χ0n) is 16.7. The Hall–Kier alpha value is -4.12. The second-order valence-electron chi connectivity index (χ2n) is 7.53. The standard InChI is InChI=1S/C23H18N4O4/c1-30-20-5-3-15(9-17(20)12-24)23-25-22(26-31-23)14-2-4-18-16(8-14)10-19-13(11-21(28)29)6-7-27(18)19/h2-5,8-10,13H,6-7,11H2,1H3,(H,28,29)/t13-/m0/s1. The van der Waals surface area contributed by atoms with Crippen LogP contribution in [-0.2, 0) is 11.3 Å². The van der Waals surface area contributed by atoms with E-state index in [0.29, 0.717) is 28.6 Å². The van der Waals surface area contributed by atoms with Crippen molar-refractivity contribution in [3.05, 3.63) is 53.7 Å². The molecule has 0 saturated carbocycles. The number of aryl methyl sites for hydroxylation is 1. The number of nitrogens with zero attached hydrogens (tertiary/aromatic N) is 4. The fraction of sp³-hybridized carbons (Fsp3) is 0.217. The first kappa shape index (κ1) is 18.9. The highest BCUT2D eigenvalue weighted by atomic mass is 16.5. The molecule has 154 valence electrons. The Morgan fingerprint density at radius 1 is 1.29 bits per heavy atom. The number of aromatic nitrogens is 3. The lowest BCUT2D eigenvalue weighted by Crippen LogP contribution is -2.02. The van der Waals surface area contributed by atoms with Gasteiger partial charge in [0.25, 0.3) is 5.89 Å². The summed E-state index contributed by atoms with van der Waals surface area (Å²) < 4.78 is 12.8. The van der Waals surface area contributed by atoms with E-state index in [0.717, 1.165) is 35.1 Å². The lowest BCUT2D eigenvalue weighted by atomic mass is 10.0. The number of hydrogen-bond acceptors (Lipinski definition) is 6. The Kier molecular flexibility index (Phi) is 4.44. The number of aliphatic carboxylic acids is 1. The average molecular weight is 414 g/mol. The molecule has 0 amide bonds. The first-order valence-electron chi connectivity index (χ1n) is 9.85. The van der Waals surface area contributed by atoms with Crippen LogP contribution >= 0.6 is 0 Å². The molecule has 1 aliphatic rings. The van der Waals surface area contributed by atoms with Gasteiger partial charge in [0.1, 0.15) is 11.8 Å². The van der Waals surface area contributed by atoms with E-state index in [1.165, 1.54) is 7.11 Å². The van der Waals surface area contributed by atoms with Crippen molar-refractivity contribution in [1.29, 1.82) is 5.26 Å². The normalized spacial score (nSPS) is 15.0. The summed E-state index contributed by atoms with van der Waals surface area (Å²) in [4.78, 5) is 15.6. The molecule has 2 aromatic heterocycles. The van der Waals surface area contributed by atoms with Crippen LogP contribution in [0, 0.1) is 11.3 Å². The van der Waals surface area contributed by atoms with Crippen LogP contribution in [0.3, 0.4) is 0 Å². The molecule has 1 aliphatic heterocycles. The Bertz CT molecular complexity index is 1360. The Morgan fingerprint density at radius 2 is 2.13 bits per heavy atom. The molecule has 2 aromatic carbocycles. The summed E-state index contributed by atoms with van der Waals surface area (Å²) in [6, 6.07) is 15.2. The number of nitriles is 1. The molecule has 5 rings (SSSR count). The Balaban J connectivity index is 1.48. The van der Waals surface area contributed by atoms with Gasteiger partial charge in [0.15, 0.2) is 0 Å². The first-order valence-corrected chi connectivity index (χ1v) is 9.85. The van der Waals surface area contributed by atoms with Crippen LogP contribution in [-0.4, -0.2) is 32.9 Å². The number of carbonyl (C=O) groups is 1. The molecule has 1 atom stereocenters. The van der Waals surface area contributed by atoms with Crippen LogP contribution in [0.15, 0.2) is 47.0 Å². The number of methoxy groups -OCH3 is 1. The zero-order valence-corrected chi connectivity index (χ0v) is 16.7. The topological polar surface area (TPSA) is 114 Å². The van der Waals surface area contributed by atoms with Gasteiger partial charge in [-0.2, -0.15) is 10.2 Å². The summed E-state index contributed by atoms with van der Waals surface area (Å²) in [5, 5.41) is 23.6. The van der Waals surface area contributed by atoms with Gasteiger partial charge in [-0.3, -0.25) is 4.79 Å². The van der Waals surface area contributed by atoms with E-state index in [1.54, 1.807) is 18.2 Å². The molecular weight excluding hydrogens is 396 g/mol. The van der Waals surface area contributed by atoms with Gasteiger partial charge in [-0.05, 0) is 48.9 Å². The Morgan fingerprint density at radius 3 is 2.90 bits per heavy atom. The fourth-order valence-electron chi connectivity index (χ4n) is 4.26. The molecule has 31 heavy (non-hydrogen) atoms. The molecular formula is C23H18N4O4. The number of fused-ring (bicyclic) bond motifs is 3.